The molecule has 2 aliphatic rings. The van der Waals surface area contributed by atoms with Crippen LogP contribution in [0, 0.1) is 11.3 Å². The maximum atomic E-state index is 12.6. The van der Waals surface area contributed by atoms with Gasteiger partial charge in [0.1, 0.15) is 9.84 Å². The van der Waals surface area contributed by atoms with E-state index in [4.69, 9.17) is 5.26 Å². The van der Waals surface area contributed by atoms with E-state index >= 15 is 0 Å². The number of benzene rings is 1. The Hall–Kier alpha value is -1.91. The highest BCUT2D eigenvalue weighted by atomic mass is 32.2. The van der Waals surface area contributed by atoms with Crippen molar-refractivity contribution in [1.29, 1.82) is 5.26 Å². The summed E-state index contributed by atoms with van der Waals surface area (Å²) in [4.78, 5) is 16.7. The molecule has 7 heteroatoms. The van der Waals surface area contributed by atoms with E-state index in [1.807, 2.05) is 4.90 Å². The van der Waals surface area contributed by atoms with Gasteiger partial charge in [0.2, 0.25) is 0 Å². The van der Waals surface area contributed by atoms with E-state index in [9.17, 15) is 13.2 Å². The molecule has 2 saturated heterocycles. The monoisotopic (exact) mass is 347 g/mol. The molecule has 0 N–H and O–H groups in total. The summed E-state index contributed by atoms with van der Waals surface area (Å²) in [5.74, 6) is 0.508. The number of piperazine rings is 1. The number of hydrogen-bond donors (Lipinski definition) is 0. The zero-order valence-electron chi connectivity index (χ0n) is 13.5. The fourth-order valence-corrected chi connectivity index (χ4v) is 4.90. The van der Waals surface area contributed by atoms with Gasteiger partial charge in [-0.1, -0.05) is 6.07 Å². The van der Waals surface area contributed by atoms with E-state index in [0.29, 0.717) is 43.1 Å². The third-order valence-corrected chi connectivity index (χ3v) is 6.60. The van der Waals surface area contributed by atoms with Gasteiger partial charge in [-0.05, 0) is 31.0 Å². The number of rotatable bonds is 2. The molecule has 0 unspecified atom stereocenters. The van der Waals surface area contributed by atoms with Gasteiger partial charge in [0, 0.05) is 37.8 Å². The highest BCUT2D eigenvalue weighted by Crippen LogP contribution is 2.20. The van der Waals surface area contributed by atoms with E-state index in [-0.39, 0.29) is 17.4 Å². The first-order valence-electron chi connectivity index (χ1n) is 8.22. The Bertz CT molecular complexity index is 748. The van der Waals surface area contributed by atoms with Gasteiger partial charge < -0.3 is 4.90 Å². The molecular formula is C17H21N3O3S. The molecule has 128 valence electrons. The van der Waals surface area contributed by atoms with E-state index in [2.05, 4.69) is 11.0 Å². The lowest BCUT2D eigenvalue weighted by Crippen LogP contribution is -2.53. The molecule has 1 amide bonds. The maximum absolute atomic E-state index is 12.6. The summed E-state index contributed by atoms with van der Waals surface area (Å²) in [6, 6.07) is 9.14. The molecule has 2 fully saturated rings. The molecular weight excluding hydrogens is 326 g/mol. The van der Waals surface area contributed by atoms with Gasteiger partial charge in [0.25, 0.3) is 5.91 Å². The highest BCUT2D eigenvalue weighted by Gasteiger charge is 2.31. The van der Waals surface area contributed by atoms with Crippen molar-refractivity contribution in [3.8, 4) is 6.07 Å². The standard InChI is InChI=1S/C17H21N3O3S/c18-13-14-2-1-3-15(12-14)17(21)20-8-6-19(7-9-20)16-4-10-24(22,23)11-5-16/h1-3,12,16H,4-11H2. The molecule has 1 aromatic rings. The lowest BCUT2D eigenvalue weighted by atomic mass is 10.1. The quantitative estimate of drug-likeness (QED) is 0.794. The number of nitriles is 1. The van der Waals surface area contributed by atoms with Crippen LogP contribution in [0.15, 0.2) is 24.3 Å². The van der Waals surface area contributed by atoms with E-state index in [0.717, 1.165) is 13.1 Å². The average Bonchev–Trinajstić information content (AvgIpc) is 2.61. The van der Waals surface area contributed by atoms with Crippen LogP contribution in [0.5, 0.6) is 0 Å². The van der Waals surface area contributed by atoms with Crippen LogP contribution in [0.2, 0.25) is 0 Å². The van der Waals surface area contributed by atoms with Crippen molar-refractivity contribution >= 4 is 15.7 Å². The first kappa shape index (κ1) is 16.9. The smallest absolute Gasteiger partial charge is 0.253 e. The molecule has 6 nitrogen and oxygen atoms in total. The molecule has 0 aromatic heterocycles. The summed E-state index contributed by atoms with van der Waals surface area (Å²) in [6.07, 6.45) is 1.39. The summed E-state index contributed by atoms with van der Waals surface area (Å²) < 4.78 is 23.1. The zero-order valence-corrected chi connectivity index (χ0v) is 14.3. The summed E-state index contributed by atoms with van der Waals surface area (Å²) in [5.41, 5.74) is 1.04. The highest BCUT2D eigenvalue weighted by molar-refractivity contribution is 7.91. The van der Waals surface area contributed by atoms with E-state index in [1.165, 1.54) is 0 Å². The fourth-order valence-electron chi connectivity index (χ4n) is 3.44. The second-order valence-corrected chi connectivity index (χ2v) is 8.71. The molecule has 0 spiro atoms. The third-order valence-electron chi connectivity index (χ3n) is 4.88. The van der Waals surface area contributed by atoms with Gasteiger partial charge >= 0.3 is 0 Å². The van der Waals surface area contributed by atoms with Crippen molar-refractivity contribution in [1.82, 2.24) is 9.80 Å². The minimum Gasteiger partial charge on any atom is -0.336 e. The van der Waals surface area contributed by atoms with Gasteiger partial charge in [-0.3, -0.25) is 9.69 Å². The largest absolute Gasteiger partial charge is 0.336 e. The molecule has 0 aliphatic carbocycles. The average molecular weight is 347 g/mol. The van der Waals surface area contributed by atoms with Crippen LogP contribution >= 0.6 is 0 Å². The van der Waals surface area contributed by atoms with Crippen molar-refractivity contribution in [2.45, 2.75) is 18.9 Å². The molecule has 0 radical (unpaired) electrons. The number of sulfone groups is 1. The first-order chi connectivity index (χ1) is 11.5. The van der Waals surface area contributed by atoms with Crippen molar-refractivity contribution in [2.24, 2.45) is 0 Å². The van der Waals surface area contributed by atoms with Crippen LogP contribution in [0.4, 0.5) is 0 Å². The zero-order chi connectivity index (χ0) is 17.2. The van der Waals surface area contributed by atoms with Crippen LogP contribution in [0.3, 0.4) is 0 Å². The Morgan fingerprint density at radius 3 is 2.42 bits per heavy atom. The number of amides is 1. The molecule has 24 heavy (non-hydrogen) atoms. The predicted molar refractivity (Wildman–Crippen MR) is 90.3 cm³/mol. The van der Waals surface area contributed by atoms with E-state index < -0.39 is 9.84 Å². The molecule has 2 heterocycles. The minimum absolute atomic E-state index is 0.0435. The van der Waals surface area contributed by atoms with Crippen LogP contribution in [-0.2, 0) is 9.84 Å². The molecule has 1 aromatic carbocycles. The maximum Gasteiger partial charge on any atom is 0.253 e. The molecule has 0 bridgehead atoms. The van der Waals surface area contributed by atoms with Crippen molar-refractivity contribution in [2.75, 3.05) is 37.7 Å². The Balaban J connectivity index is 1.57. The lowest BCUT2D eigenvalue weighted by molar-refractivity contribution is 0.0558. The summed E-state index contributed by atoms with van der Waals surface area (Å²) >= 11 is 0. The van der Waals surface area contributed by atoms with Gasteiger partial charge in [0.15, 0.2) is 0 Å². The second-order valence-electron chi connectivity index (χ2n) is 6.40. The first-order valence-corrected chi connectivity index (χ1v) is 10.0. The summed E-state index contributed by atoms with van der Waals surface area (Å²) in [5, 5.41) is 8.95. The molecule has 0 saturated carbocycles. The Morgan fingerprint density at radius 1 is 1.12 bits per heavy atom. The summed E-state index contributed by atoms with van der Waals surface area (Å²) in [7, 11) is -2.84. The van der Waals surface area contributed by atoms with E-state index in [1.54, 1.807) is 24.3 Å². The minimum atomic E-state index is -2.84. The fraction of sp³-hybridized carbons (Fsp3) is 0.529. The Morgan fingerprint density at radius 2 is 1.79 bits per heavy atom. The van der Waals surface area contributed by atoms with Crippen LogP contribution in [-0.4, -0.2) is 67.9 Å². The molecule has 3 rings (SSSR count). The van der Waals surface area contributed by atoms with Crippen molar-refractivity contribution < 1.29 is 13.2 Å². The van der Waals surface area contributed by atoms with Gasteiger partial charge in [0.05, 0.1) is 23.1 Å². The number of carbonyl (C=O) groups is 1. The van der Waals surface area contributed by atoms with Gasteiger partial charge in [-0.15, -0.1) is 0 Å². The normalized spacial score (nSPS) is 22.0. The summed E-state index contributed by atoms with van der Waals surface area (Å²) in [6.45, 7) is 2.82. The van der Waals surface area contributed by atoms with Crippen molar-refractivity contribution in [3.63, 3.8) is 0 Å². The lowest BCUT2D eigenvalue weighted by Gasteiger charge is -2.40. The van der Waals surface area contributed by atoms with Crippen LogP contribution in [0.25, 0.3) is 0 Å². The number of carbonyl (C=O) groups excluding carboxylic acids is 1. The number of hydrogen-bond acceptors (Lipinski definition) is 5. The van der Waals surface area contributed by atoms with Gasteiger partial charge in [-0.2, -0.15) is 5.26 Å². The molecule has 2 aliphatic heterocycles. The Kier molecular flexibility index (Phi) is 4.88. The Labute approximate surface area is 142 Å². The van der Waals surface area contributed by atoms with Crippen LogP contribution < -0.4 is 0 Å². The van der Waals surface area contributed by atoms with Crippen molar-refractivity contribution in [3.05, 3.63) is 35.4 Å². The van der Waals surface area contributed by atoms with Crippen LogP contribution in [0.1, 0.15) is 28.8 Å². The predicted octanol–water partition coefficient (Wildman–Crippen LogP) is 0.893. The third kappa shape index (κ3) is 3.77. The SMILES string of the molecule is N#Cc1cccc(C(=O)N2CCN(C3CCS(=O)(=O)CC3)CC2)c1. The topological polar surface area (TPSA) is 81.5 Å². The second kappa shape index (κ2) is 6.91. The number of nitrogens with zero attached hydrogens (tertiary/aromatic N) is 3. The van der Waals surface area contributed by atoms with Gasteiger partial charge in [-0.25, -0.2) is 8.42 Å². The molecule has 0 atom stereocenters.